The molecule has 1 atom stereocenters. The van der Waals surface area contributed by atoms with E-state index < -0.39 is 6.04 Å². The van der Waals surface area contributed by atoms with Crippen LogP contribution >= 0.6 is 0 Å². The van der Waals surface area contributed by atoms with Crippen LogP contribution in [-0.4, -0.2) is 4.98 Å². The molecule has 0 spiro atoms. The number of pyridine rings is 1. The van der Waals surface area contributed by atoms with Crippen LogP contribution < -0.4 is 5.73 Å². The van der Waals surface area contributed by atoms with Crippen LogP contribution in [0.1, 0.15) is 36.1 Å². The minimum absolute atomic E-state index is 0.356. The molecular formula is C15H17FN2. The lowest BCUT2D eigenvalue weighted by Gasteiger charge is -2.14. The summed E-state index contributed by atoms with van der Waals surface area (Å²) in [6.07, 6.45) is 4.86. The van der Waals surface area contributed by atoms with Gasteiger partial charge >= 0.3 is 0 Å². The summed E-state index contributed by atoms with van der Waals surface area (Å²) in [4.78, 5) is 3.74. The van der Waals surface area contributed by atoms with Crippen LogP contribution in [0.25, 0.3) is 0 Å². The molecular weight excluding hydrogens is 227 g/mol. The van der Waals surface area contributed by atoms with Gasteiger partial charge in [0, 0.05) is 11.8 Å². The average Bonchev–Trinajstić information content (AvgIpc) is 2.39. The summed E-state index contributed by atoms with van der Waals surface area (Å²) in [6.45, 7) is 2.13. The number of aromatic nitrogens is 1. The number of hydrogen-bond donors (Lipinski definition) is 1. The SMILES string of the molecule is CCCc1cccc(C(N)c2ccncc2F)c1. The Morgan fingerprint density at radius 3 is 2.89 bits per heavy atom. The molecule has 18 heavy (non-hydrogen) atoms. The number of nitrogens with two attached hydrogens (primary N) is 1. The first-order chi connectivity index (χ1) is 8.72. The largest absolute Gasteiger partial charge is 0.320 e. The van der Waals surface area contributed by atoms with E-state index >= 15 is 0 Å². The number of rotatable bonds is 4. The van der Waals surface area contributed by atoms with Gasteiger partial charge in [0.15, 0.2) is 0 Å². The molecule has 2 aromatic rings. The van der Waals surface area contributed by atoms with Gasteiger partial charge in [0.05, 0.1) is 12.2 Å². The Hall–Kier alpha value is -1.74. The minimum Gasteiger partial charge on any atom is -0.320 e. The van der Waals surface area contributed by atoms with Gasteiger partial charge in [-0.25, -0.2) is 4.39 Å². The zero-order valence-electron chi connectivity index (χ0n) is 10.4. The molecule has 0 radical (unpaired) electrons. The maximum Gasteiger partial charge on any atom is 0.146 e. The summed E-state index contributed by atoms with van der Waals surface area (Å²) < 4.78 is 13.6. The quantitative estimate of drug-likeness (QED) is 0.896. The van der Waals surface area contributed by atoms with E-state index in [1.165, 1.54) is 11.8 Å². The van der Waals surface area contributed by atoms with E-state index in [2.05, 4.69) is 18.0 Å². The standard InChI is InChI=1S/C15H17FN2/c1-2-4-11-5-3-6-12(9-11)15(17)13-7-8-18-10-14(13)16/h3,5-10,15H,2,4,17H2,1H3. The molecule has 0 aliphatic heterocycles. The molecule has 0 amide bonds. The Kier molecular flexibility index (Phi) is 4.05. The van der Waals surface area contributed by atoms with Crippen LogP contribution in [-0.2, 0) is 6.42 Å². The first kappa shape index (κ1) is 12.7. The predicted octanol–water partition coefficient (Wildman–Crippen LogP) is 3.22. The summed E-state index contributed by atoms with van der Waals surface area (Å²) in [5, 5.41) is 0. The fourth-order valence-corrected chi connectivity index (χ4v) is 2.05. The van der Waals surface area contributed by atoms with Crippen molar-refractivity contribution >= 4 is 0 Å². The molecule has 2 N–H and O–H groups in total. The van der Waals surface area contributed by atoms with Gasteiger partial charge < -0.3 is 5.73 Å². The highest BCUT2D eigenvalue weighted by atomic mass is 19.1. The fourth-order valence-electron chi connectivity index (χ4n) is 2.05. The lowest BCUT2D eigenvalue weighted by Crippen LogP contribution is -2.14. The van der Waals surface area contributed by atoms with Gasteiger partial charge in [-0.1, -0.05) is 37.6 Å². The maximum atomic E-state index is 13.6. The molecule has 0 bridgehead atoms. The number of hydrogen-bond acceptors (Lipinski definition) is 2. The third-order valence-electron chi connectivity index (χ3n) is 2.99. The van der Waals surface area contributed by atoms with Gasteiger partial charge in [-0.05, 0) is 23.6 Å². The lowest BCUT2D eigenvalue weighted by atomic mass is 9.97. The third kappa shape index (κ3) is 2.74. The van der Waals surface area contributed by atoms with Gasteiger partial charge in [-0.15, -0.1) is 0 Å². The van der Waals surface area contributed by atoms with Crippen molar-refractivity contribution in [3.8, 4) is 0 Å². The smallest absolute Gasteiger partial charge is 0.146 e. The summed E-state index contributed by atoms with van der Waals surface area (Å²) in [6, 6.07) is 9.22. The van der Waals surface area contributed by atoms with Crippen LogP contribution in [0.3, 0.4) is 0 Å². The van der Waals surface area contributed by atoms with Gasteiger partial charge in [-0.2, -0.15) is 0 Å². The van der Waals surface area contributed by atoms with E-state index in [0.29, 0.717) is 5.56 Å². The second-order valence-electron chi connectivity index (χ2n) is 4.37. The van der Waals surface area contributed by atoms with E-state index in [-0.39, 0.29) is 5.82 Å². The van der Waals surface area contributed by atoms with Crippen molar-refractivity contribution in [3.63, 3.8) is 0 Å². The molecule has 1 unspecified atom stereocenters. The van der Waals surface area contributed by atoms with Crippen LogP contribution in [0.15, 0.2) is 42.7 Å². The molecule has 2 rings (SSSR count). The highest BCUT2D eigenvalue weighted by Gasteiger charge is 2.13. The Bertz CT molecular complexity index is 525. The monoisotopic (exact) mass is 244 g/mol. The molecule has 94 valence electrons. The predicted molar refractivity (Wildman–Crippen MR) is 70.7 cm³/mol. The summed E-state index contributed by atoms with van der Waals surface area (Å²) in [5.74, 6) is -0.356. The van der Waals surface area contributed by atoms with Crippen molar-refractivity contribution in [2.24, 2.45) is 5.73 Å². The molecule has 0 fully saturated rings. The van der Waals surface area contributed by atoms with E-state index in [9.17, 15) is 4.39 Å². The van der Waals surface area contributed by atoms with Crippen molar-refractivity contribution in [2.45, 2.75) is 25.8 Å². The Balaban J connectivity index is 2.31. The first-order valence-electron chi connectivity index (χ1n) is 6.16. The molecule has 1 aromatic heterocycles. The topological polar surface area (TPSA) is 38.9 Å². The summed E-state index contributed by atoms with van der Waals surface area (Å²) in [7, 11) is 0. The minimum atomic E-state index is -0.440. The molecule has 0 saturated heterocycles. The number of nitrogens with zero attached hydrogens (tertiary/aromatic N) is 1. The van der Waals surface area contributed by atoms with Gasteiger partial charge in [0.2, 0.25) is 0 Å². The van der Waals surface area contributed by atoms with Crippen molar-refractivity contribution in [1.29, 1.82) is 0 Å². The van der Waals surface area contributed by atoms with Crippen LogP contribution in [0.4, 0.5) is 4.39 Å². The highest BCUT2D eigenvalue weighted by molar-refractivity contribution is 5.33. The molecule has 0 saturated carbocycles. The number of benzene rings is 1. The molecule has 0 aliphatic rings. The molecule has 1 heterocycles. The van der Waals surface area contributed by atoms with E-state index in [4.69, 9.17) is 5.73 Å². The van der Waals surface area contributed by atoms with E-state index in [0.717, 1.165) is 18.4 Å². The Labute approximate surface area is 107 Å². The van der Waals surface area contributed by atoms with Crippen molar-refractivity contribution in [2.75, 3.05) is 0 Å². The Morgan fingerprint density at radius 1 is 1.33 bits per heavy atom. The van der Waals surface area contributed by atoms with Crippen molar-refractivity contribution < 1.29 is 4.39 Å². The van der Waals surface area contributed by atoms with Gasteiger partial charge in [0.1, 0.15) is 5.82 Å². The fraction of sp³-hybridized carbons (Fsp3) is 0.267. The number of aryl methyl sites for hydroxylation is 1. The number of halogens is 1. The highest BCUT2D eigenvalue weighted by Crippen LogP contribution is 2.22. The zero-order valence-corrected chi connectivity index (χ0v) is 10.4. The van der Waals surface area contributed by atoms with Crippen LogP contribution in [0.5, 0.6) is 0 Å². The molecule has 2 nitrogen and oxygen atoms in total. The first-order valence-corrected chi connectivity index (χ1v) is 6.16. The zero-order chi connectivity index (χ0) is 13.0. The van der Waals surface area contributed by atoms with E-state index in [1.807, 2.05) is 18.2 Å². The normalized spacial score (nSPS) is 12.4. The lowest BCUT2D eigenvalue weighted by molar-refractivity contribution is 0.593. The van der Waals surface area contributed by atoms with Crippen molar-refractivity contribution in [3.05, 3.63) is 65.2 Å². The van der Waals surface area contributed by atoms with Crippen LogP contribution in [0.2, 0.25) is 0 Å². The maximum absolute atomic E-state index is 13.6. The summed E-state index contributed by atoms with van der Waals surface area (Å²) >= 11 is 0. The second-order valence-corrected chi connectivity index (χ2v) is 4.37. The van der Waals surface area contributed by atoms with E-state index in [1.54, 1.807) is 12.3 Å². The van der Waals surface area contributed by atoms with Gasteiger partial charge in [0.25, 0.3) is 0 Å². The molecule has 1 aromatic carbocycles. The van der Waals surface area contributed by atoms with Gasteiger partial charge in [-0.3, -0.25) is 4.98 Å². The summed E-state index contributed by atoms with van der Waals surface area (Å²) in [5.41, 5.74) is 8.77. The molecule has 3 heteroatoms. The Morgan fingerprint density at radius 2 is 2.17 bits per heavy atom. The molecule has 0 aliphatic carbocycles. The third-order valence-corrected chi connectivity index (χ3v) is 2.99. The van der Waals surface area contributed by atoms with Crippen LogP contribution in [0, 0.1) is 5.82 Å². The van der Waals surface area contributed by atoms with Crippen molar-refractivity contribution in [1.82, 2.24) is 4.98 Å². The second kappa shape index (κ2) is 5.74. The average molecular weight is 244 g/mol.